The third-order valence-corrected chi connectivity index (χ3v) is 5.67. The van der Waals surface area contributed by atoms with Gasteiger partial charge in [0.2, 0.25) is 5.91 Å². The number of para-hydroxylation sites is 1. The van der Waals surface area contributed by atoms with Gasteiger partial charge in [0.05, 0.1) is 12.0 Å². The number of aryl methyl sites for hydroxylation is 1. The monoisotopic (exact) mass is 421 g/mol. The van der Waals surface area contributed by atoms with Crippen molar-refractivity contribution in [1.29, 1.82) is 0 Å². The van der Waals surface area contributed by atoms with Gasteiger partial charge >= 0.3 is 0 Å². The van der Waals surface area contributed by atoms with E-state index in [-0.39, 0.29) is 6.54 Å². The fourth-order valence-electron chi connectivity index (χ4n) is 3.28. The zero-order valence-electron chi connectivity index (χ0n) is 16.4. The summed E-state index contributed by atoms with van der Waals surface area (Å²) in [6.45, 7) is -0.344. The van der Waals surface area contributed by atoms with Crippen molar-refractivity contribution < 1.29 is 19.1 Å². The SMILES string of the molecule is COc1ccc(NC(=O)CN2C(=O)S/C(=C/c3cn(C)c4ccccc34)C2=O)cc1. The van der Waals surface area contributed by atoms with Crippen LogP contribution in [0.4, 0.5) is 10.5 Å². The van der Waals surface area contributed by atoms with Crippen molar-refractivity contribution in [2.75, 3.05) is 19.0 Å². The van der Waals surface area contributed by atoms with Crippen molar-refractivity contribution in [2.45, 2.75) is 0 Å². The lowest BCUT2D eigenvalue weighted by Crippen LogP contribution is -2.36. The molecule has 0 spiro atoms. The lowest BCUT2D eigenvalue weighted by molar-refractivity contribution is -0.127. The Morgan fingerprint density at radius 3 is 2.60 bits per heavy atom. The smallest absolute Gasteiger partial charge is 0.294 e. The van der Waals surface area contributed by atoms with Gasteiger partial charge in [-0.1, -0.05) is 18.2 Å². The van der Waals surface area contributed by atoms with E-state index in [1.54, 1.807) is 37.5 Å². The quantitative estimate of drug-likeness (QED) is 0.633. The number of rotatable bonds is 5. The van der Waals surface area contributed by atoms with Crippen molar-refractivity contribution in [2.24, 2.45) is 7.05 Å². The lowest BCUT2D eigenvalue weighted by Gasteiger charge is -2.12. The zero-order chi connectivity index (χ0) is 21.3. The lowest BCUT2D eigenvalue weighted by atomic mass is 10.1. The molecule has 3 amide bonds. The molecule has 0 aliphatic carbocycles. The van der Waals surface area contributed by atoms with E-state index in [0.29, 0.717) is 16.3 Å². The molecule has 1 aliphatic rings. The zero-order valence-corrected chi connectivity index (χ0v) is 17.2. The second-order valence-corrected chi connectivity index (χ2v) is 7.75. The number of hydrogen-bond donors (Lipinski definition) is 1. The number of amides is 3. The average Bonchev–Trinajstić information content (AvgIpc) is 3.20. The molecule has 0 bridgehead atoms. The Kier molecular flexibility index (Phi) is 5.33. The molecule has 7 nitrogen and oxygen atoms in total. The predicted octanol–water partition coefficient (Wildman–Crippen LogP) is 3.86. The molecular weight excluding hydrogens is 402 g/mol. The van der Waals surface area contributed by atoms with E-state index >= 15 is 0 Å². The summed E-state index contributed by atoms with van der Waals surface area (Å²) in [6.07, 6.45) is 3.61. The van der Waals surface area contributed by atoms with E-state index in [4.69, 9.17) is 4.74 Å². The number of nitrogens with one attached hydrogen (secondary N) is 1. The summed E-state index contributed by atoms with van der Waals surface area (Å²) in [5, 5.41) is 3.21. The molecule has 0 radical (unpaired) electrons. The van der Waals surface area contributed by atoms with Crippen molar-refractivity contribution in [1.82, 2.24) is 9.47 Å². The number of ether oxygens (including phenoxy) is 1. The van der Waals surface area contributed by atoms with E-state index in [0.717, 1.165) is 33.1 Å². The Labute approximate surface area is 177 Å². The summed E-state index contributed by atoms with van der Waals surface area (Å²) in [6, 6.07) is 14.6. The number of fused-ring (bicyclic) bond motifs is 1. The minimum atomic E-state index is -0.470. The average molecular weight is 421 g/mol. The maximum absolute atomic E-state index is 12.7. The first-order valence-corrected chi connectivity index (χ1v) is 10.0. The molecule has 30 heavy (non-hydrogen) atoms. The molecule has 2 aromatic carbocycles. The number of benzene rings is 2. The highest BCUT2D eigenvalue weighted by atomic mass is 32.2. The van der Waals surface area contributed by atoms with E-state index in [9.17, 15) is 14.4 Å². The number of aromatic nitrogens is 1. The molecule has 1 aliphatic heterocycles. The van der Waals surface area contributed by atoms with Crippen LogP contribution in [0.2, 0.25) is 0 Å². The third-order valence-electron chi connectivity index (χ3n) is 4.76. The fourth-order valence-corrected chi connectivity index (χ4v) is 4.11. The van der Waals surface area contributed by atoms with Gasteiger partial charge < -0.3 is 14.6 Å². The Balaban J connectivity index is 1.49. The normalized spacial score (nSPS) is 15.3. The van der Waals surface area contributed by atoms with Crippen LogP contribution in [-0.4, -0.2) is 40.2 Å². The highest BCUT2D eigenvalue weighted by molar-refractivity contribution is 8.18. The van der Waals surface area contributed by atoms with Gasteiger partial charge in [0.25, 0.3) is 11.1 Å². The number of thioether (sulfide) groups is 1. The molecule has 0 saturated carbocycles. The third kappa shape index (κ3) is 3.81. The van der Waals surface area contributed by atoms with Crippen LogP contribution < -0.4 is 10.1 Å². The van der Waals surface area contributed by atoms with Crippen LogP contribution in [0, 0.1) is 0 Å². The molecule has 0 unspecified atom stereocenters. The van der Waals surface area contributed by atoms with Crippen molar-refractivity contribution in [3.63, 3.8) is 0 Å². The van der Waals surface area contributed by atoms with E-state index in [1.807, 2.05) is 42.1 Å². The minimum Gasteiger partial charge on any atom is -0.497 e. The summed E-state index contributed by atoms with van der Waals surface area (Å²) in [4.78, 5) is 38.7. The molecule has 1 saturated heterocycles. The highest BCUT2D eigenvalue weighted by Gasteiger charge is 2.36. The van der Waals surface area contributed by atoms with Gasteiger partial charge in [-0.2, -0.15) is 0 Å². The molecule has 2 heterocycles. The molecule has 1 fully saturated rings. The van der Waals surface area contributed by atoms with E-state index in [1.165, 1.54) is 0 Å². The van der Waals surface area contributed by atoms with Gasteiger partial charge in [-0.3, -0.25) is 19.3 Å². The van der Waals surface area contributed by atoms with Gasteiger partial charge in [0, 0.05) is 35.4 Å². The van der Waals surface area contributed by atoms with E-state index in [2.05, 4.69) is 5.32 Å². The largest absolute Gasteiger partial charge is 0.497 e. The number of imide groups is 1. The van der Waals surface area contributed by atoms with E-state index < -0.39 is 17.1 Å². The Morgan fingerprint density at radius 1 is 1.13 bits per heavy atom. The molecule has 1 aromatic heterocycles. The summed E-state index contributed by atoms with van der Waals surface area (Å²) in [7, 11) is 3.48. The number of hydrogen-bond acceptors (Lipinski definition) is 5. The summed E-state index contributed by atoms with van der Waals surface area (Å²) < 4.78 is 7.04. The van der Waals surface area contributed by atoms with Crippen LogP contribution in [0.5, 0.6) is 5.75 Å². The van der Waals surface area contributed by atoms with Crippen LogP contribution in [-0.2, 0) is 16.6 Å². The highest BCUT2D eigenvalue weighted by Crippen LogP contribution is 2.34. The molecule has 152 valence electrons. The van der Waals surface area contributed by atoms with Crippen LogP contribution in [0.1, 0.15) is 5.56 Å². The first kappa shape index (κ1) is 19.8. The molecular formula is C22H19N3O4S. The summed E-state index contributed by atoms with van der Waals surface area (Å²) in [5.41, 5.74) is 2.43. The van der Waals surface area contributed by atoms with Crippen molar-refractivity contribution in [3.05, 3.63) is 65.2 Å². The fraction of sp³-hybridized carbons (Fsp3) is 0.136. The standard InChI is InChI=1S/C22H19N3O4S/c1-24-12-14(17-5-3-4-6-18(17)24)11-19-21(27)25(22(28)30-19)13-20(26)23-15-7-9-16(29-2)10-8-15/h3-12H,13H2,1-2H3,(H,23,26)/b19-11+. The Morgan fingerprint density at radius 2 is 1.87 bits per heavy atom. The molecule has 3 aromatic rings. The molecule has 4 rings (SSSR count). The van der Waals surface area contributed by atoms with Gasteiger partial charge in [-0.25, -0.2) is 0 Å². The van der Waals surface area contributed by atoms with Crippen LogP contribution in [0.25, 0.3) is 17.0 Å². The van der Waals surface area contributed by atoms with Crippen LogP contribution >= 0.6 is 11.8 Å². The van der Waals surface area contributed by atoms with Crippen LogP contribution in [0.15, 0.2) is 59.6 Å². The van der Waals surface area contributed by atoms with Crippen molar-refractivity contribution >= 4 is 51.5 Å². The number of nitrogens with zero attached hydrogens (tertiary/aromatic N) is 2. The molecule has 1 N–H and O–H groups in total. The number of methoxy groups -OCH3 is 1. The first-order chi connectivity index (χ1) is 14.5. The van der Waals surface area contributed by atoms with Crippen molar-refractivity contribution in [3.8, 4) is 5.75 Å². The number of carbonyl (C=O) groups is 3. The summed E-state index contributed by atoms with van der Waals surface area (Å²) in [5.74, 6) is -0.255. The number of carbonyl (C=O) groups excluding carboxylic acids is 3. The van der Waals surface area contributed by atoms with Gasteiger partial charge in [-0.05, 0) is 48.2 Å². The Bertz CT molecular complexity index is 1180. The maximum atomic E-state index is 12.7. The van der Waals surface area contributed by atoms with Gasteiger partial charge in [0.1, 0.15) is 12.3 Å². The molecule has 0 atom stereocenters. The second-order valence-electron chi connectivity index (χ2n) is 6.76. The molecule has 8 heteroatoms. The van der Waals surface area contributed by atoms with Crippen LogP contribution in [0.3, 0.4) is 0 Å². The summed E-state index contributed by atoms with van der Waals surface area (Å²) >= 11 is 0.840. The van der Waals surface area contributed by atoms with Gasteiger partial charge in [0.15, 0.2) is 0 Å². The second kappa shape index (κ2) is 8.08. The Hall–Kier alpha value is -3.52. The maximum Gasteiger partial charge on any atom is 0.294 e. The minimum absolute atomic E-state index is 0.300. The topological polar surface area (TPSA) is 80.6 Å². The first-order valence-electron chi connectivity index (χ1n) is 9.19. The number of anilines is 1. The van der Waals surface area contributed by atoms with Gasteiger partial charge in [-0.15, -0.1) is 0 Å². The predicted molar refractivity (Wildman–Crippen MR) is 117 cm³/mol.